The number of rotatable bonds is 7. The normalized spacial score (nSPS) is 11.9. The van der Waals surface area contributed by atoms with Gasteiger partial charge >= 0.3 is 0 Å². The van der Waals surface area contributed by atoms with Crippen molar-refractivity contribution >= 4 is 45.7 Å². The van der Waals surface area contributed by atoms with Crippen molar-refractivity contribution in [2.75, 3.05) is 46.3 Å². The van der Waals surface area contributed by atoms with Crippen LogP contribution in [0.4, 0.5) is 11.4 Å². The van der Waals surface area contributed by atoms with Crippen molar-refractivity contribution in [2.45, 2.75) is 16.2 Å². The van der Waals surface area contributed by atoms with Gasteiger partial charge in [0.15, 0.2) is 17.1 Å². The molecule has 0 unspecified atom stereocenters. The molecule has 6 nitrogen and oxygen atoms in total. The molecule has 5 aromatic rings. The molecule has 0 N–H and O–H groups in total. The summed E-state index contributed by atoms with van der Waals surface area (Å²) in [5.74, 6) is 1.12. The van der Waals surface area contributed by atoms with E-state index in [2.05, 4.69) is 60.3 Å². The number of hydrogen-bond donors (Lipinski definition) is 0. The number of ether oxygens (including phenoxy) is 2. The largest absolute Gasteiger partial charge is 0.493 e. The van der Waals surface area contributed by atoms with E-state index in [1.165, 1.54) is 28.3 Å². The van der Waals surface area contributed by atoms with Crippen molar-refractivity contribution in [1.29, 1.82) is 0 Å². The molecule has 0 fully saturated rings. The predicted molar refractivity (Wildman–Crippen MR) is 173 cm³/mol. The lowest BCUT2D eigenvalue weighted by atomic mass is 10.1. The quantitative estimate of drug-likeness (QED) is 0.186. The number of methoxy groups -OCH3 is 2. The van der Waals surface area contributed by atoms with E-state index in [1.54, 1.807) is 25.3 Å². The lowest BCUT2D eigenvalue weighted by Gasteiger charge is -2.33. The Kier molecular flexibility index (Phi) is 9.42. The fourth-order valence-corrected chi connectivity index (χ4v) is 6.13. The Morgan fingerprint density at radius 3 is 2.33 bits per heavy atom. The van der Waals surface area contributed by atoms with Gasteiger partial charge in [-0.15, -0.1) is 0 Å². The molecule has 0 spiro atoms. The van der Waals surface area contributed by atoms with Gasteiger partial charge in [-0.2, -0.15) is 0 Å². The number of benzene rings is 4. The molecular formula is C34H33ClN2O4S. The smallest absolute Gasteiger partial charge is 0.235 e. The molecule has 2 heterocycles. The maximum absolute atomic E-state index is 12.6. The minimum atomic E-state index is -0.212. The number of anilines is 2. The summed E-state index contributed by atoms with van der Waals surface area (Å²) in [4.78, 5) is 19.8. The molecule has 1 aliphatic rings. The van der Waals surface area contributed by atoms with E-state index in [9.17, 15) is 4.79 Å². The Balaban J connectivity index is 0.000000168. The van der Waals surface area contributed by atoms with Crippen molar-refractivity contribution in [2.24, 2.45) is 0 Å². The van der Waals surface area contributed by atoms with Gasteiger partial charge in [0.25, 0.3) is 0 Å². The highest BCUT2D eigenvalue weighted by Gasteiger charge is 2.23. The molecule has 0 radical (unpaired) electrons. The Bertz CT molecular complexity index is 1740. The highest BCUT2D eigenvalue weighted by Crippen LogP contribution is 2.48. The third-order valence-corrected chi connectivity index (χ3v) is 8.24. The average Bonchev–Trinajstić information content (AvgIpc) is 3.01. The summed E-state index contributed by atoms with van der Waals surface area (Å²) in [6.45, 7) is 2.09. The second kappa shape index (κ2) is 13.4. The number of fused-ring (bicyclic) bond motifs is 3. The number of hydrogen-bond acceptors (Lipinski definition) is 7. The fourth-order valence-electron chi connectivity index (χ4n) is 4.89. The Hall–Kier alpha value is -3.91. The van der Waals surface area contributed by atoms with Gasteiger partial charge in [0.05, 0.1) is 31.0 Å². The van der Waals surface area contributed by atoms with Gasteiger partial charge in [-0.3, -0.25) is 4.79 Å². The maximum Gasteiger partial charge on any atom is 0.235 e. The van der Waals surface area contributed by atoms with Crippen LogP contribution in [0, 0.1) is 0 Å². The topological polar surface area (TPSA) is 55.1 Å². The van der Waals surface area contributed by atoms with E-state index in [0.717, 1.165) is 30.1 Å². The standard InChI is InChI=1S/C17H19ClN2S.C17H14O4/c1-19(2)10-5-11-20-14-6-3-4-7-16(14)21-17-9-8-13(18)12-15(17)20;1-19-13-10-6-9-12-14(18)17(20-2)15(21-16(12)13)11-7-4-3-5-8-11/h3-4,6-9,12H,5,10-11H2,1-2H3;3-10H,1-2H3. The van der Waals surface area contributed by atoms with Gasteiger partial charge in [0.1, 0.15) is 0 Å². The van der Waals surface area contributed by atoms with Gasteiger partial charge < -0.3 is 23.7 Å². The Morgan fingerprint density at radius 2 is 1.60 bits per heavy atom. The molecule has 6 rings (SSSR count). The molecule has 8 heteroatoms. The number of nitrogens with zero attached hydrogens (tertiary/aromatic N) is 2. The van der Waals surface area contributed by atoms with Crippen LogP contribution in [0.5, 0.6) is 11.5 Å². The van der Waals surface area contributed by atoms with Crippen LogP contribution in [-0.2, 0) is 0 Å². The maximum atomic E-state index is 12.6. The Labute approximate surface area is 255 Å². The van der Waals surface area contributed by atoms with E-state index in [4.69, 9.17) is 25.5 Å². The van der Waals surface area contributed by atoms with Gasteiger partial charge in [0.2, 0.25) is 11.2 Å². The van der Waals surface area contributed by atoms with E-state index in [-0.39, 0.29) is 11.2 Å². The average molecular weight is 601 g/mol. The molecule has 0 aliphatic carbocycles. The Morgan fingerprint density at radius 1 is 0.857 bits per heavy atom. The van der Waals surface area contributed by atoms with Crippen LogP contribution in [0.25, 0.3) is 22.3 Å². The van der Waals surface area contributed by atoms with Crippen molar-refractivity contribution in [1.82, 2.24) is 4.90 Å². The zero-order valence-corrected chi connectivity index (χ0v) is 25.7. The summed E-state index contributed by atoms with van der Waals surface area (Å²) >= 11 is 8.03. The minimum Gasteiger partial charge on any atom is -0.493 e. The molecule has 0 amide bonds. The van der Waals surface area contributed by atoms with Gasteiger partial charge in [-0.25, -0.2) is 0 Å². The lowest BCUT2D eigenvalue weighted by molar-refractivity contribution is 0.391. The molecule has 216 valence electrons. The van der Waals surface area contributed by atoms with Crippen LogP contribution in [0.15, 0.2) is 110 Å². The minimum absolute atomic E-state index is 0.196. The first kappa shape index (κ1) is 29.6. The van der Waals surface area contributed by atoms with Gasteiger partial charge in [-0.1, -0.05) is 71.9 Å². The summed E-state index contributed by atoms with van der Waals surface area (Å²) in [7, 11) is 7.24. The molecule has 0 atom stereocenters. The van der Waals surface area contributed by atoms with Crippen molar-refractivity contribution in [3.05, 3.63) is 106 Å². The summed E-state index contributed by atoms with van der Waals surface area (Å²) in [6, 6.07) is 29.3. The summed E-state index contributed by atoms with van der Waals surface area (Å²) < 4.78 is 16.5. The fraction of sp³-hybridized carbons (Fsp3) is 0.206. The zero-order chi connectivity index (χ0) is 29.6. The molecule has 0 saturated heterocycles. The molecule has 4 aromatic carbocycles. The zero-order valence-electron chi connectivity index (χ0n) is 24.1. The van der Waals surface area contributed by atoms with Crippen molar-refractivity contribution < 1.29 is 13.9 Å². The molecule has 1 aromatic heterocycles. The van der Waals surface area contributed by atoms with Crippen molar-refractivity contribution in [3.63, 3.8) is 0 Å². The first-order valence-electron chi connectivity index (χ1n) is 13.6. The molecular weight excluding hydrogens is 568 g/mol. The first-order chi connectivity index (χ1) is 20.4. The highest BCUT2D eigenvalue weighted by atomic mass is 35.5. The molecule has 0 saturated carbocycles. The van der Waals surface area contributed by atoms with E-state index in [0.29, 0.717) is 22.5 Å². The third kappa shape index (κ3) is 6.28. The van der Waals surface area contributed by atoms with Crippen LogP contribution < -0.4 is 19.8 Å². The van der Waals surface area contributed by atoms with Crippen LogP contribution >= 0.6 is 23.4 Å². The summed E-state index contributed by atoms with van der Waals surface area (Å²) in [5.41, 5.74) is 3.50. The number of halogens is 1. The predicted octanol–water partition coefficient (Wildman–Crippen LogP) is 8.37. The third-order valence-electron chi connectivity index (χ3n) is 6.87. The van der Waals surface area contributed by atoms with E-state index >= 15 is 0 Å². The number of para-hydroxylation sites is 2. The molecule has 42 heavy (non-hydrogen) atoms. The van der Waals surface area contributed by atoms with E-state index < -0.39 is 0 Å². The van der Waals surface area contributed by atoms with Crippen molar-refractivity contribution in [3.8, 4) is 22.8 Å². The lowest BCUT2D eigenvalue weighted by Crippen LogP contribution is -2.25. The SMILES string of the molecule is CN(C)CCCN1c2ccccc2Sc2ccc(Cl)cc21.COc1c(-c2ccccc2)oc2c(OC)cccc2c1=O. The second-order valence-corrected chi connectivity index (χ2v) is 11.5. The monoisotopic (exact) mass is 600 g/mol. The summed E-state index contributed by atoms with van der Waals surface area (Å²) in [5, 5.41) is 1.23. The molecule has 1 aliphatic heterocycles. The highest BCUT2D eigenvalue weighted by molar-refractivity contribution is 7.99. The van der Waals surface area contributed by atoms with Crippen LogP contribution in [0.1, 0.15) is 6.42 Å². The van der Waals surface area contributed by atoms with Gasteiger partial charge in [-0.05, 0) is 69.5 Å². The van der Waals surface area contributed by atoms with E-state index in [1.807, 2.05) is 48.2 Å². The first-order valence-corrected chi connectivity index (χ1v) is 14.8. The summed E-state index contributed by atoms with van der Waals surface area (Å²) in [6.07, 6.45) is 1.12. The van der Waals surface area contributed by atoms with Gasteiger partial charge in [0, 0.05) is 26.9 Å². The van der Waals surface area contributed by atoms with Crippen LogP contribution in [-0.4, -0.2) is 46.3 Å². The second-order valence-electron chi connectivity index (χ2n) is 9.99. The molecule has 0 bridgehead atoms. The van der Waals surface area contributed by atoms with Crippen LogP contribution in [0.3, 0.4) is 0 Å². The van der Waals surface area contributed by atoms with Crippen LogP contribution in [0.2, 0.25) is 5.02 Å².